The van der Waals surface area contributed by atoms with Crippen molar-refractivity contribution in [3.05, 3.63) is 35.1 Å². The minimum Gasteiger partial charge on any atom is -0.385 e. The number of nitrogens with one attached hydrogen (secondary N) is 1. The number of alkyl halides is 1. The highest BCUT2D eigenvalue weighted by molar-refractivity contribution is 9.09. The molecule has 5 heteroatoms. The van der Waals surface area contributed by atoms with Crippen LogP contribution in [0.15, 0.2) is 18.2 Å². The highest BCUT2D eigenvalue weighted by atomic mass is 79.9. The van der Waals surface area contributed by atoms with Crippen LogP contribution in [-0.2, 0) is 4.74 Å². The van der Waals surface area contributed by atoms with E-state index in [4.69, 9.17) is 4.74 Å². The van der Waals surface area contributed by atoms with Gasteiger partial charge in [0, 0.05) is 30.7 Å². The van der Waals surface area contributed by atoms with Crippen LogP contribution in [0.1, 0.15) is 22.3 Å². The van der Waals surface area contributed by atoms with E-state index in [2.05, 4.69) is 21.2 Å². The molecule has 0 aromatic heterocycles. The summed E-state index contributed by atoms with van der Waals surface area (Å²) in [7, 11) is 1.61. The van der Waals surface area contributed by atoms with Crippen molar-refractivity contribution >= 4 is 21.8 Å². The first kappa shape index (κ1) is 15.1. The third kappa shape index (κ3) is 4.38. The van der Waals surface area contributed by atoms with Gasteiger partial charge in [0.1, 0.15) is 5.82 Å². The molecule has 0 radical (unpaired) electrons. The molecule has 1 N–H and O–H groups in total. The van der Waals surface area contributed by atoms with Gasteiger partial charge in [-0.05, 0) is 31.0 Å². The zero-order valence-electron chi connectivity index (χ0n) is 10.5. The molecule has 0 fully saturated rings. The molecule has 0 saturated carbocycles. The van der Waals surface area contributed by atoms with Gasteiger partial charge in [-0.2, -0.15) is 0 Å². The molecule has 0 saturated heterocycles. The third-order valence-corrected chi connectivity index (χ3v) is 3.42. The number of hydrogen-bond acceptors (Lipinski definition) is 2. The number of halogens is 2. The lowest BCUT2D eigenvalue weighted by atomic mass is 10.1. The highest BCUT2D eigenvalue weighted by Crippen LogP contribution is 2.11. The standard InChI is InChI=1S/C13H17BrFNO2/c1-9-3-4-10(15)7-12(9)13(17)16-11(8-14)5-6-18-2/h3-4,7,11H,5-6,8H2,1-2H3,(H,16,17). The van der Waals surface area contributed by atoms with Gasteiger partial charge in [0.05, 0.1) is 0 Å². The fourth-order valence-corrected chi connectivity index (χ4v) is 2.04. The van der Waals surface area contributed by atoms with E-state index in [-0.39, 0.29) is 11.9 Å². The van der Waals surface area contributed by atoms with E-state index in [1.165, 1.54) is 12.1 Å². The Hall–Kier alpha value is -0.940. The van der Waals surface area contributed by atoms with Gasteiger partial charge in [-0.3, -0.25) is 4.79 Å². The number of methoxy groups -OCH3 is 1. The van der Waals surface area contributed by atoms with Crippen LogP contribution in [0.5, 0.6) is 0 Å². The van der Waals surface area contributed by atoms with Crippen molar-refractivity contribution in [3.63, 3.8) is 0 Å². The van der Waals surface area contributed by atoms with Crippen molar-refractivity contribution in [1.82, 2.24) is 5.32 Å². The maximum Gasteiger partial charge on any atom is 0.251 e. The first-order chi connectivity index (χ1) is 8.58. The number of benzene rings is 1. The Labute approximate surface area is 115 Å². The van der Waals surface area contributed by atoms with Gasteiger partial charge in [-0.15, -0.1) is 0 Å². The molecule has 0 bridgehead atoms. The summed E-state index contributed by atoms with van der Waals surface area (Å²) in [5.74, 6) is -0.661. The Bertz CT molecular complexity index is 412. The molecule has 0 aliphatic heterocycles. The van der Waals surface area contributed by atoms with Crippen molar-refractivity contribution in [2.24, 2.45) is 0 Å². The molecule has 1 aromatic carbocycles. The first-order valence-electron chi connectivity index (χ1n) is 5.70. The maximum absolute atomic E-state index is 13.1. The normalized spacial score (nSPS) is 12.2. The van der Waals surface area contributed by atoms with Crippen molar-refractivity contribution in [2.45, 2.75) is 19.4 Å². The molecule has 1 unspecified atom stereocenters. The Kier molecular flexibility index (Phi) is 6.29. The zero-order valence-corrected chi connectivity index (χ0v) is 12.1. The molecule has 1 aromatic rings. The van der Waals surface area contributed by atoms with Crippen LogP contribution in [0.4, 0.5) is 4.39 Å². The van der Waals surface area contributed by atoms with Gasteiger partial charge in [0.25, 0.3) is 5.91 Å². The van der Waals surface area contributed by atoms with Gasteiger partial charge in [-0.1, -0.05) is 22.0 Å². The Morgan fingerprint density at radius 2 is 2.28 bits per heavy atom. The van der Waals surface area contributed by atoms with Crippen LogP contribution in [-0.4, -0.2) is 31.0 Å². The van der Waals surface area contributed by atoms with Crippen molar-refractivity contribution < 1.29 is 13.9 Å². The molecule has 18 heavy (non-hydrogen) atoms. The summed E-state index contributed by atoms with van der Waals surface area (Å²) in [6, 6.07) is 4.17. The van der Waals surface area contributed by atoms with Crippen molar-refractivity contribution in [1.29, 1.82) is 0 Å². The zero-order chi connectivity index (χ0) is 13.5. The molecule has 1 rings (SSSR count). The number of hydrogen-bond donors (Lipinski definition) is 1. The molecule has 1 atom stereocenters. The fraction of sp³-hybridized carbons (Fsp3) is 0.462. The number of carbonyl (C=O) groups is 1. The predicted molar refractivity (Wildman–Crippen MR) is 72.7 cm³/mol. The van der Waals surface area contributed by atoms with E-state index in [9.17, 15) is 9.18 Å². The second-order valence-electron chi connectivity index (χ2n) is 4.07. The van der Waals surface area contributed by atoms with Crippen LogP contribution in [0.25, 0.3) is 0 Å². The van der Waals surface area contributed by atoms with Crippen LogP contribution in [0.2, 0.25) is 0 Å². The summed E-state index contributed by atoms with van der Waals surface area (Å²) in [5.41, 5.74) is 1.13. The topological polar surface area (TPSA) is 38.3 Å². The smallest absolute Gasteiger partial charge is 0.251 e. The van der Waals surface area contributed by atoms with Crippen LogP contribution < -0.4 is 5.32 Å². The predicted octanol–water partition coefficient (Wildman–Crippen LogP) is 2.66. The quantitative estimate of drug-likeness (QED) is 0.819. The Morgan fingerprint density at radius 1 is 1.56 bits per heavy atom. The molecule has 3 nitrogen and oxygen atoms in total. The summed E-state index contributed by atoms with van der Waals surface area (Å²) < 4.78 is 18.1. The lowest BCUT2D eigenvalue weighted by molar-refractivity contribution is 0.0930. The highest BCUT2D eigenvalue weighted by Gasteiger charge is 2.14. The van der Waals surface area contributed by atoms with E-state index in [0.29, 0.717) is 23.9 Å². The number of amides is 1. The summed E-state index contributed by atoms with van der Waals surface area (Å²) in [6.45, 7) is 2.35. The maximum atomic E-state index is 13.1. The van der Waals surface area contributed by atoms with E-state index >= 15 is 0 Å². The molecular formula is C13H17BrFNO2. The number of rotatable bonds is 6. The van der Waals surface area contributed by atoms with Gasteiger partial charge in [0.15, 0.2) is 0 Å². The average molecular weight is 318 g/mol. The van der Waals surface area contributed by atoms with E-state index < -0.39 is 5.82 Å². The minimum atomic E-state index is -0.405. The van der Waals surface area contributed by atoms with Gasteiger partial charge < -0.3 is 10.1 Å². The van der Waals surface area contributed by atoms with Crippen LogP contribution >= 0.6 is 15.9 Å². The summed E-state index contributed by atoms with van der Waals surface area (Å²) in [4.78, 5) is 12.0. The first-order valence-corrected chi connectivity index (χ1v) is 6.82. The van der Waals surface area contributed by atoms with Crippen molar-refractivity contribution in [3.8, 4) is 0 Å². The van der Waals surface area contributed by atoms with Gasteiger partial charge >= 0.3 is 0 Å². The van der Waals surface area contributed by atoms with Crippen LogP contribution in [0, 0.1) is 12.7 Å². The lowest BCUT2D eigenvalue weighted by Gasteiger charge is -2.16. The SMILES string of the molecule is COCCC(CBr)NC(=O)c1cc(F)ccc1C. The monoisotopic (exact) mass is 317 g/mol. The minimum absolute atomic E-state index is 0.0277. The molecule has 0 spiro atoms. The molecular weight excluding hydrogens is 301 g/mol. The molecule has 0 aliphatic carbocycles. The number of aryl methyl sites for hydroxylation is 1. The van der Waals surface area contributed by atoms with E-state index in [1.807, 2.05) is 0 Å². The largest absolute Gasteiger partial charge is 0.385 e. The van der Waals surface area contributed by atoms with E-state index in [1.54, 1.807) is 20.1 Å². The third-order valence-electron chi connectivity index (χ3n) is 2.64. The summed E-state index contributed by atoms with van der Waals surface area (Å²) in [5, 5.41) is 3.49. The Balaban J connectivity index is 2.71. The summed E-state index contributed by atoms with van der Waals surface area (Å²) >= 11 is 3.34. The van der Waals surface area contributed by atoms with Crippen molar-refractivity contribution in [2.75, 3.05) is 19.0 Å². The van der Waals surface area contributed by atoms with Crippen LogP contribution in [0.3, 0.4) is 0 Å². The van der Waals surface area contributed by atoms with E-state index in [0.717, 1.165) is 5.56 Å². The number of ether oxygens (including phenoxy) is 1. The lowest BCUT2D eigenvalue weighted by Crippen LogP contribution is -2.37. The summed E-state index contributed by atoms with van der Waals surface area (Å²) in [6.07, 6.45) is 0.710. The molecule has 1 amide bonds. The van der Waals surface area contributed by atoms with Gasteiger partial charge in [-0.25, -0.2) is 4.39 Å². The Morgan fingerprint density at radius 3 is 2.89 bits per heavy atom. The molecule has 0 heterocycles. The van der Waals surface area contributed by atoms with Gasteiger partial charge in [0.2, 0.25) is 0 Å². The molecule has 100 valence electrons. The fourth-order valence-electron chi connectivity index (χ4n) is 1.55. The average Bonchev–Trinajstić information content (AvgIpc) is 2.37. The second kappa shape index (κ2) is 7.48. The molecule has 0 aliphatic rings. The number of carbonyl (C=O) groups excluding carboxylic acids is 1. The second-order valence-corrected chi connectivity index (χ2v) is 4.71.